The van der Waals surface area contributed by atoms with E-state index in [1.165, 1.54) is 35.2 Å². The van der Waals surface area contributed by atoms with Crippen molar-refractivity contribution in [2.24, 2.45) is 0 Å². The van der Waals surface area contributed by atoms with Gasteiger partial charge in [0.1, 0.15) is 0 Å². The molecule has 0 spiro atoms. The van der Waals surface area contributed by atoms with Crippen LogP contribution >= 0.6 is 0 Å². The van der Waals surface area contributed by atoms with Crippen LogP contribution in [-0.4, -0.2) is 14.2 Å². The fourth-order valence-corrected chi connectivity index (χ4v) is 8.49. The van der Waals surface area contributed by atoms with Crippen LogP contribution in [0, 0.1) is 0 Å². The van der Waals surface area contributed by atoms with Crippen molar-refractivity contribution in [2.75, 3.05) is 0 Å². The molecule has 0 N–H and O–H groups in total. The molecular weight excluding hydrogens is 392 g/mol. The van der Waals surface area contributed by atoms with E-state index >= 15 is 0 Å². The Morgan fingerprint density at radius 3 is 1.81 bits per heavy atom. The SMILES string of the molecule is C=CC[C@@H](CCCCC)O[C@H](c1ccccc1)[Si](C)(c1ccccc1)c1ccccc1. The summed E-state index contributed by atoms with van der Waals surface area (Å²) in [4.78, 5) is 0. The van der Waals surface area contributed by atoms with Gasteiger partial charge >= 0.3 is 0 Å². The Hall–Kier alpha value is -2.42. The predicted molar refractivity (Wildman–Crippen MR) is 137 cm³/mol. The molecule has 0 aromatic heterocycles. The highest BCUT2D eigenvalue weighted by Crippen LogP contribution is 2.32. The molecule has 0 aliphatic rings. The normalized spacial score (nSPS) is 13.5. The first kappa shape index (κ1) is 23.2. The molecule has 162 valence electrons. The maximum Gasteiger partial charge on any atom is 0.151 e. The number of unbranched alkanes of at least 4 members (excludes halogenated alkanes) is 2. The van der Waals surface area contributed by atoms with Crippen LogP contribution in [0.3, 0.4) is 0 Å². The van der Waals surface area contributed by atoms with E-state index < -0.39 is 8.07 Å². The van der Waals surface area contributed by atoms with Crippen LogP contribution in [0.2, 0.25) is 6.55 Å². The van der Waals surface area contributed by atoms with Crippen LogP contribution in [0.4, 0.5) is 0 Å². The zero-order valence-corrected chi connectivity index (χ0v) is 20.0. The highest BCUT2D eigenvalue weighted by atomic mass is 28.3. The summed E-state index contributed by atoms with van der Waals surface area (Å²) in [6.45, 7) is 8.74. The lowest BCUT2D eigenvalue weighted by atomic mass is 10.1. The molecule has 1 nitrogen and oxygen atoms in total. The fraction of sp³-hybridized carbons (Fsp3) is 0.310. The number of hydrogen-bond acceptors (Lipinski definition) is 1. The van der Waals surface area contributed by atoms with Gasteiger partial charge in [-0.25, -0.2) is 0 Å². The van der Waals surface area contributed by atoms with E-state index in [9.17, 15) is 0 Å². The summed E-state index contributed by atoms with van der Waals surface area (Å²) in [5.41, 5.74) is 1.30. The molecule has 3 rings (SSSR count). The largest absolute Gasteiger partial charge is 0.373 e. The van der Waals surface area contributed by atoms with Gasteiger partial charge in [-0.3, -0.25) is 0 Å². The summed E-state index contributed by atoms with van der Waals surface area (Å²) in [5, 5.41) is 2.81. The first-order valence-corrected chi connectivity index (χ1v) is 14.2. The standard InChI is InChI=1S/C29H36OSi/c1-4-6-10-20-26(17-5-2)30-29(25-18-11-7-12-19-25)31(3,27-21-13-8-14-22-27)28-23-15-9-16-24-28/h5,7-9,11-16,18-19,21-24,26,29H,2,4,6,10,17,20H2,1,3H3/t26-,29-/m0/s1. The second-order valence-electron chi connectivity index (χ2n) is 8.50. The molecule has 0 aliphatic carbocycles. The average molecular weight is 429 g/mol. The maximum absolute atomic E-state index is 7.09. The smallest absolute Gasteiger partial charge is 0.151 e. The highest BCUT2D eigenvalue weighted by molar-refractivity contribution is 7.02. The van der Waals surface area contributed by atoms with Gasteiger partial charge in [0.05, 0.1) is 11.8 Å². The molecule has 0 bridgehead atoms. The molecule has 3 aromatic carbocycles. The minimum atomic E-state index is -2.27. The van der Waals surface area contributed by atoms with E-state index in [0.717, 1.165) is 12.8 Å². The topological polar surface area (TPSA) is 9.23 Å². The van der Waals surface area contributed by atoms with Crippen molar-refractivity contribution in [1.82, 2.24) is 0 Å². The van der Waals surface area contributed by atoms with Gasteiger partial charge in [-0.2, -0.15) is 0 Å². The van der Waals surface area contributed by atoms with Gasteiger partial charge in [0, 0.05) is 0 Å². The van der Waals surface area contributed by atoms with E-state index in [0.29, 0.717) is 0 Å². The quantitative estimate of drug-likeness (QED) is 0.177. The summed E-state index contributed by atoms with van der Waals surface area (Å²) >= 11 is 0. The lowest BCUT2D eigenvalue weighted by molar-refractivity contribution is 0.0206. The van der Waals surface area contributed by atoms with Crippen LogP contribution in [0.15, 0.2) is 104 Å². The Bertz CT molecular complexity index is 852. The van der Waals surface area contributed by atoms with Crippen LogP contribution in [0.25, 0.3) is 0 Å². The zero-order chi connectivity index (χ0) is 21.9. The average Bonchev–Trinajstić information content (AvgIpc) is 2.84. The van der Waals surface area contributed by atoms with Gasteiger partial charge in [-0.1, -0.05) is 140 Å². The Balaban J connectivity index is 2.09. The Labute approximate surface area is 189 Å². The molecular formula is C29H36OSi. The van der Waals surface area contributed by atoms with E-state index in [1.54, 1.807) is 0 Å². The Kier molecular flexibility index (Phi) is 8.87. The van der Waals surface area contributed by atoms with E-state index in [4.69, 9.17) is 4.74 Å². The van der Waals surface area contributed by atoms with Crippen molar-refractivity contribution < 1.29 is 4.74 Å². The minimum absolute atomic E-state index is 0.0325. The van der Waals surface area contributed by atoms with Gasteiger partial charge in [0.15, 0.2) is 8.07 Å². The molecule has 0 aliphatic heterocycles. The third kappa shape index (κ3) is 5.84. The number of benzene rings is 3. The monoisotopic (exact) mass is 428 g/mol. The molecule has 0 fully saturated rings. The molecule has 0 heterocycles. The molecule has 31 heavy (non-hydrogen) atoms. The summed E-state index contributed by atoms with van der Waals surface area (Å²) in [7, 11) is -2.27. The molecule has 0 saturated heterocycles. The van der Waals surface area contributed by atoms with Gasteiger partial charge in [-0.05, 0) is 18.4 Å². The van der Waals surface area contributed by atoms with Crippen LogP contribution < -0.4 is 10.4 Å². The van der Waals surface area contributed by atoms with E-state index in [2.05, 4.69) is 111 Å². The van der Waals surface area contributed by atoms with Crippen molar-refractivity contribution >= 4 is 18.4 Å². The van der Waals surface area contributed by atoms with E-state index in [-0.39, 0.29) is 11.8 Å². The third-order valence-corrected chi connectivity index (χ3v) is 10.8. The molecule has 2 atom stereocenters. The van der Waals surface area contributed by atoms with Crippen molar-refractivity contribution in [2.45, 2.75) is 57.4 Å². The van der Waals surface area contributed by atoms with Crippen LogP contribution in [0.1, 0.15) is 50.3 Å². The molecule has 0 saturated carbocycles. The summed E-state index contributed by atoms with van der Waals surface area (Å²) in [6, 6.07) is 32.8. The summed E-state index contributed by atoms with van der Waals surface area (Å²) in [6.07, 6.45) is 7.85. The Morgan fingerprint density at radius 1 is 0.806 bits per heavy atom. The minimum Gasteiger partial charge on any atom is -0.373 e. The van der Waals surface area contributed by atoms with E-state index in [1.807, 2.05) is 6.08 Å². The second-order valence-corrected chi connectivity index (χ2v) is 12.6. The first-order chi connectivity index (χ1) is 15.2. The van der Waals surface area contributed by atoms with Crippen molar-refractivity contribution in [3.8, 4) is 0 Å². The van der Waals surface area contributed by atoms with Crippen molar-refractivity contribution in [3.63, 3.8) is 0 Å². The van der Waals surface area contributed by atoms with Gasteiger partial charge < -0.3 is 4.74 Å². The summed E-state index contributed by atoms with van der Waals surface area (Å²) < 4.78 is 7.09. The number of ether oxygens (including phenoxy) is 1. The molecule has 0 amide bonds. The van der Waals surface area contributed by atoms with Crippen LogP contribution in [-0.2, 0) is 4.74 Å². The van der Waals surface area contributed by atoms with Gasteiger partial charge in [0.25, 0.3) is 0 Å². The highest BCUT2D eigenvalue weighted by Gasteiger charge is 2.43. The second kappa shape index (κ2) is 11.8. The summed E-state index contributed by atoms with van der Waals surface area (Å²) in [5.74, 6) is 0. The fourth-order valence-electron chi connectivity index (χ4n) is 4.46. The molecule has 0 radical (unpaired) electrons. The lowest BCUT2D eigenvalue weighted by Gasteiger charge is -2.39. The van der Waals surface area contributed by atoms with Gasteiger partial charge in [-0.15, -0.1) is 6.58 Å². The van der Waals surface area contributed by atoms with Crippen molar-refractivity contribution in [1.29, 1.82) is 0 Å². The Morgan fingerprint density at radius 2 is 1.32 bits per heavy atom. The zero-order valence-electron chi connectivity index (χ0n) is 19.0. The van der Waals surface area contributed by atoms with Crippen LogP contribution in [0.5, 0.6) is 0 Å². The molecule has 2 heteroatoms. The molecule has 0 unspecified atom stereocenters. The predicted octanol–water partition coefficient (Wildman–Crippen LogP) is 6.70. The maximum atomic E-state index is 7.09. The third-order valence-electron chi connectivity index (χ3n) is 6.26. The first-order valence-electron chi connectivity index (χ1n) is 11.6. The number of rotatable bonds is 12. The van der Waals surface area contributed by atoms with Crippen molar-refractivity contribution in [3.05, 3.63) is 109 Å². The lowest BCUT2D eigenvalue weighted by Crippen LogP contribution is -2.61. The van der Waals surface area contributed by atoms with Gasteiger partial charge in [0.2, 0.25) is 0 Å². The number of hydrogen-bond donors (Lipinski definition) is 0. The molecule has 3 aromatic rings.